The zero-order chi connectivity index (χ0) is 13.2. The van der Waals surface area contributed by atoms with Crippen molar-refractivity contribution in [3.63, 3.8) is 0 Å². The van der Waals surface area contributed by atoms with Crippen molar-refractivity contribution >= 4 is 5.91 Å². The van der Waals surface area contributed by atoms with Gasteiger partial charge in [-0.3, -0.25) is 9.69 Å². The minimum Gasteiger partial charge on any atom is -0.369 e. The molecule has 0 saturated carbocycles. The fraction of sp³-hybridized carbons (Fsp3) is 0.786. The Kier molecular flexibility index (Phi) is 7.69. The van der Waals surface area contributed by atoms with E-state index in [1.165, 1.54) is 12.8 Å². The Hall–Kier alpha value is -0.870. The number of hydrogen-bond donors (Lipinski definition) is 2. The monoisotopic (exact) mass is 253 g/mol. The number of piperidine rings is 1. The lowest BCUT2D eigenvalue weighted by molar-refractivity contribution is -0.119. The largest absolute Gasteiger partial charge is 0.369 e. The van der Waals surface area contributed by atoms with Gasteiger partial charge in [-0.15, -0.1) is 6.58 Å². The van der Waals surface area contributed by atoms with Crippen LogP contribution >= 0.6 is 0 Å². The highest BCUT2D eigenvalue weighted by atomic mass is 16.1. The molecule has 0 aliphatic carbocycles. The zero-order valence-corrected chi connectivity index (χ0v) is 11.4. The summed E-state index contributed by atoms with van der Waals surface area (Å²) in [7, 11) is 0. The quantitative estimate of drug-likeness (QED) is 0.480. The Morgan fingerprint density at radius 3 is 2.67 bits per heavy atom. The van der Waals surface area contributed by atoms with Gasteiger partial charge < -0.3 is 11.1 Å². The van der Waals surface area contributed by atoms with Gasteiger partial charge in [0.05, 0.1) is 6.54 Å². The Bertz CT molecular complexity index is 249. The van der Waals surface area contributed by atoms with Crippen molar-refractivity contribution in [2.45, 2.75) is 44.6 Å². The molecule has 1 fully saturated rings. The number of unbranched alkanes of at least 4 members (excludes halogenated alkanes) is 3. The van der Waals surface area contributed by atoms with Crippen molar-refractivity contribution in [2.24, 2.45) is 5.73 Å². The maximum atomic E-state index is 11.1. The van der Waals surface area contributed by atoms with Crippen LogP contribution in [0.2, 0.25) is 0 Å². The Labute approximate surface area is 111 Å². The highest BCUT2D eigenvalue weighted by Crippen LogP contribution is 2.13. The van der Waals surface area contributed by atoms with Crippen LogP contribution in [0.1, 0.15) is 38.5 Å². The third-order valence-corrected chi connectivity index (χ3v) is 3.54. The van der Waals surface area contributed by atoms with Gasteiger partial charge in [0.15, 0.2) is 0 Å². The average Bonchev–Trinajstić information content (AvgIpc) is 2.38. The third-order valence-electron chi connectivity index (χ3n) is 3.54. The molecule has 0 unspecified atom stereocenters. The predicted molar refractivity (Wildman–Crippen MR) is 75.3 cm³/mol. The number of nitrogens with two attached hydrogens (primary N) is 1. The smallest absolute Gasteiger partial charge is 0.231 e. The number of carbonyl (C=O) groups excluding carboxylic acids is 1. The number of primary amides is 1. The molecule has 0 aromatic heterocycles. The van der Waals surface area contributed by atoms with Gasteiger partial charge >= 0.3 is 0 Å². The summed E-state index contributed by atoms with van der Waals surface area (Å²) in [6.07, 6.45) is 8.84. The van der Waals surface area contributed by atoms with Crippen molar-refractivity contribution in [3.05, 3.63) is 12.7 Å². The second kappa shape index (κ2) is 9.11. The number of allylic oxidation sites excluding steroid dienone is 1. The second-order valence-corrected chi connectivity index (χ2v) is 5.06. The molecular weight excluding hydrogens is 226 g/mol. The number of hydrogen-bond acceptors (Lipinski definition) is 3. The van der Waals surface area contributed by atoms with E-state index in [9.17, 15) is 4.79 Å². The molecule has 0 spiro atoms. The van der Waals surface area contributed by atoms with Crippen molar-refractivity contribution in [2.75, 3.05) is 26.2 Å². The first-order chi connectivity index (χ1) is 8.74. The van der Waals surface area contributed by atoms with Gasteiger partial charge in [-0.1, -0.05) is 12.5 Å². The molecule has 1 aliphatic rings. The maximum Gasteiger partial charge on any atom is 0.231 e. The highest BCUT2D eigenvalue weighted by molar-refractivity contribution is 5.75. The molecule has 1 saturated heterocycles. The average molecular weight is 253 g/mol. The van der Waals surface area contributed by atoms with E-state index in [0.29, 0.717) is 12.6 Å². The summed E-state index contributed by atoms with van der Waals surface area (Å²) >= 11 is 0. The molecule has 1 rings (SSSR count). The molecule has 1 heterocycles. The van der Waals surface area contributed by atoms with E-state index in [0.717, 1.165) is 45.3 Å². The molecule has 0 aromatic carbocycles. The molecule has 0 bridgehead atoms. The summed E-state index contributed by atoms with van der Waals surface area (Å²) in [5.74, 6) is -0.209. The fourth-order valence-electron chi connectivity index (χ4n) is 2.54. The summed E-state index contributed by atoms with van der Waals surface area (Å²) < 4.78 is 0. The molecule has 1 aliphatic heterocycles. The van der Waals surface area contributed by atoms with Crippen LogP contribution in [0, 0.1) is 0 Å². The minimum absolute atomic E-state index is 0.209. The van der Waals surface area contributed by atoms with Gasteiger partial charge in [-0.05, 0) is 51.7 Å². The van der Waals surface area contributed by atoms with E-state index < -0.39 is 0 Å². The van der Waals surface area contributed by atoms with Crippen LogP contribution < -0.4 is 11.1 Å². The number of rotatable bonds is 9. The van der Waals surface area contributed by atoms with Gasteiger partial charge in [0.1, 0.15) is 0 Å². The summed E-state index contributed by atoms with van der Waals surface area (Å²) in [6, 6.07) is 0.526. The van der Waals surface area contributed by atoms with Crippen LogP contribution in [-0.2, 0) is 4.79 Å². The van der Waals surface area contributed by atoms with E-state index in [1.54, 1.807) is 0 Å². The van der Waals surface area contributed by atoms with Gasteiger partial charge in [0.2, 0.25) is 5.91 Å². The Balaban J connectivity index is 2.29. The van der Waals surface area contributed by atoms with Crippen LogP contribution in [0.3, 0.4) is 0 Å². The van der Waals surface area contributed by atoms with Crippen LogP contribution in [0.4, 0.5) is 0 Å². The third kappa shape index (κ3) is 6.17. The molecule has 3 N–H and O–H groups in total. The number of amides is 1. The van der Waals surface area contributed by atoms with Crippen molar-refractivity contribution < 1.29 is 4.79 Å². The molecule has 18 heavy (non-hydrogen) atoms. The minimum atomic E-state index is -0.209. The summed E-state index contributed by atoms with van der Waals surface area (Å²) in [4.78, 5) is 13.4. The molecule has 4 heteroatoms. The topological polar surface area (TPSA) is 58.4 Å². The second-order valence-electron chi connectivity index (χ2n) is 5.06. The predicted octanol–water partition coefficient (Wildman–Crippen LogP) is 1.27. The zero-order valence-electron chi connectivity index (χ0n) is 11.4. The lowest BCUT2D eigenvalue weighted by Gasteiger charge is -2.33. The van der Waals surface area contributed by atoms with Gasteiger partial charge in [0.25, 0.3) is 0 Å². The van der Waals surface area contributed by atoms with E-state index in [-0.39, 0.29) is 5.91 Å². The van der Waals surface area contributed by atoms with Crippen molar-refractivity contribution in [1.82, 2.24) is 10.2 Å². The Morgan fingerprint density at radius 2 is 2.06 bits per heavy atom. The molecule has 104 valence electrons. The highest BCUT2D eigenvalue weighted by Gasteiger charge is 2.21. The van der Waals surface area contributed by atoms with Crippen molar-refractivity contribution in [1.29, 1.82) is 0 Å². The lowest BCUT2D eigenvalue weighted by Crippen LogP contribution is -2.46. The van der Waals surface area contributed by atoms with E-state index in [4.69, 9.17) is 5.73 Å². The maximum absolute atomic E-state index is 11.1. The first kappa shape index (κ1) is 15.2. The summed E-state index contributed by atoms with van der Waals surface area (Å²) in [5, 5.41) is 3.35. The van der Waals surface area contributed by atoms with Crippen molar-refractivity contribution in [3.8, 4) is 0 Å². The van der Waals surface area contributed by atoms with Crippen LogP contribution in [0.5, 0.6) is 0 Å². The fourth-order valence-corrected chi connectivity index (χ4v) is 2.54. The lowest BCUT2D eigenvalue weighted by atomic mass is 10.0. The molecule has 0 aromatic rings. The number of carbonyl (C=O) groups is 1. The SMILES string of the molecule is C=CCCCCCN(CC(N)=O)C1CCNCC1. The first-order valence-electron chi connectivity index (χ1n) is 7.08. The number of nitrogens with one attached hydrogen (secondary N) is 1. The van der Waals surface area contributed by atoms with Crippen LogP contribution in [-0.4, -0.2) is 43.0 Å². The Morgan fingerprint density at radius 1 is 1.33 bits per heavy atom. The van der Waals surface area contributed by atoms with Crippen LogP contribution in [0.15, 0.2) is 12.7 Å². The van der Waals surface area contributed by atoms with E-state index in [2.05, 4.69) is 16.8 Å². The molecule has 0 radical (unpaired) electrons. The molecule has 0 atom stereocenters. The van der Waals surface area contributed by atoms with Gasteiger partial charge in [-0.25, -0.2) is 0 Å². The van der Waals surface area contributed by atoms with Gasteiger partial charge in [-0.2, -0.15) is 0 Å². The summed E-state index contributed by atoms with van der Waals surface area (Å²) in [6.45, 7) is 7.23. The van der Waals surface area contributed by atoms with Crippen LogP contribution in [0.25, 0.3) is 0 Å². The van der Waals surface area contributed by atoms with E-state index >= 15 is 0 Å². The van der Waals surface area contributed by atoms with Gasteiger partial charge in [0, 0.05) is 6.04 Å². The molecule has 4 nitrogen and oxygen atoms in total. The summed E-state index contributed by atoms with van der Waals surface area (Å²) in [5.41, 5.74) is 5.34. The molecular formula is C14H27N3O. The number of nitrogens with zero attached hydrogens (tertiary/aromatic N) is 1. The normalized spacial score (nSPS) is 16.9. The molecule has 1 amide bonds. The standard InChI is InChI=1S/C14H27N3O/c1-2-3-4-5-6-11-17(12-14(15)18)13-7-9-16-10-8-13/h2,13,16H,1,3-12H2,(H2,15,18). The first-order valence-corrected chi connectivity index (χ1v) is 7.08. The van der Waals surface area contributed by atoms with E-state index in [1.807, 2.05) is 6.08 Å².